The van der Waals surface area contributed by atoms with Gasteiger partial charge in [0, 0.05) is 19.1 Å². The summed E-state index contributed by atoms with van der Waals surface area (Å²) in [6, 6.07) is 7.32. The van der Waals surface area contributed by atoms with E-state index < -0.39 is 30.8 Å². The number of aromatic nitrogens is 3. The molecule has 10 heteroatoms. The van der Waals surface area contributed by atoms with Crippen molar-refractivity contribution in [1.82, 2.24) is 15.0 Å². The van der Waals surface area contributed by atoms with Crippen LogP contribution in [-0.4, -0.2) is 68.3 Å². The molecule has 166 valence electrons. The number of para-hydroxylation sites is 1. The zero-order chi connectivity index (χ0) is 22.0. The molecule has 0 spiro atoms. The molecule has 1 aliphatic carbocycles. The number of hydrogen-bond donors (Lipinski definition) is 5. The standard InChI is InChI=1S/C21H26FN5O3S/c1-11-16(20-26-13-5-2-3-6-15(13)31-20)19(27-21(24-11)23-8-4-7-22)25-14-9-12(10-28)17(29)18(14)30/h2-3,5-6,12,14,17-18,28-30H,4,7-10H2,1H3,(H2,23,24,25,27)/t12-,14-,17-,18+/m1/s1. The lowest BCUT2D eigenvalue weighted by atomic mass is 10.1. The van der Waals surface area contributed by atoms with Crippen molar-refractivity contribution >= 4 is 33.3 Å². The van der Waals surface area contributed by atoms with Crippen LogP contribution in [0.3, 0.4) is 0 Å². The highest BCUT2D eigenvalue weighted by Gasteiger charge is 2.41. The number of aryl methyl sites for hydroxylation is 1. The van der Waals surface area contributed by atoms with Gasteiger partial charge >= 0.3 is 0 Å². The summed E-state index contributed by atoms with van der Waals surface area (Å²) in [7, 11) is 0. The van der Waals surface area contributed by atoms with Gasteiger partial charge in [0.1, 0.15) is 16.9 Å². The molecule has 4 rings (SSSR count). The first-order chi connectivity index (χ1) is 15.0. The van der Waals surface area contributed by atoms with Crippen molar-refractivity contribution in [3.8, 4) is 10.6 Å². The van der Waals surface area contributed by atoms with Crippen LogP contribution in [-0.2, 0) is 0 Å². The van der Waals surface area contributed by atoms with Gasteiger partial charge in [0.15, 0.2) is 0 Å². The second-order valence-electron chi connectivity index (χ2n) is 7.72. The minimum absolute atomic E-state index is 0.208. The van der Waals surface area contributed by atoms with E-state index in [1.807, 2.05) is 31.2 Å². The third kappa shape index (κ3) is 4.47. The summed E-state index contributed by atoms with van der Waals surface area (Å²) in [6.45, 7) is 1.60. The van der Waals surface area contributed by atoms with Crippen molar-refractivity contribution in [2.75, 3.05) is 30.5 Å². The van der Waals surface area contributed by atoms with E-state index in [0.29, 0.717) is 42.4 Å². The highest BCUT2D eigenvalue weighted by Crippen LogP contribution is 2.38. The molecule has 1 aliphatic rings. The van der Waals surface area contributed by atoms with Gasteiger partial charge in [0.2, 0.25) is 5.95 Å². The molecule has 2 heterocycles. The number of halogens is 1. The summed E-state index contributed by atoms with van der Waals surface area (Å²) in [5.41, 5.74) is 2.27. The molecule has 1 saturated carbocycles. The maximum absolute atomic E-state index is 12.5. The van der Waals surface area contributed by atoms with Crippen LogP contribution in [0.1, 0.15) is 18.5 Å². The Hall–Kier alpha value is -2.40. The van der Waals surface area contributed by atoms with Crippen molar-refractivity contribution in [2.45, 2.75) is 38.0 Å². The van der Waals surface area contributed by atoms with E-state index >= 15 is 0 Å². The number of hydrogen-bond acceptors (Lipinski definition) is 9. The van der Waals surface area contributed by atoms with Crippen molar-refractivity contribution in [1.29, 1.82) is 0 Å². The van der Waals surface area contributed by atoms with Gasteiger partial charge in [-0.2, -0.15) is 4.98 Å². The summed E-state index contributed by atoms with van der Waals surface area (Å²) >= 11 is 1.52. The molecule has 2 aromatic heterocycles. The molecule has 0 amide bonds. The Morgan fingerprint density at radius 2 is 1.97 bits per heavy atom. The van der Waals surface area contributed by atoms with Gasteiger partial charge in [-0.3, -0.25) is 4.39 Å². The van der Waals surface area contributed by atoms with Crippen LogP contribution in [0.2, 0.25) is 0 Å². The molecule has 8 nitrogen and oxygen atoms in total. The van der Waals surface area contributed by atoms with Crippen LogP contribution in [0.25, 0.3) is 20.8 Å². The second kappa shape index (κ2) is 9.39. The molecule has 0 radical (unpaired) electrons. The van der Waals surface area contributed by atoms with Gasteiger partial charge in [0.05, 0.1) is 40.3 Å². The first-order valence-electron chi connectivity index (χ1n) is 10.3. The Balaban J connectivity index is 1.72. The van der Waals surface area contributed by atoms with Gasteiger partial charge in [-0.1, -0.05) is 12.1 Å². The highest BCUT2D eigenvalue weighted by atomic mass is 32.1. The number of thiazole rings is 1. The lowest BCUT2D eigenvalue weighted by molar-refractivity contribution is 0.00446. The zero-order valence-corrected chi connectivity index (χ0v) is 17.9. The number of benzene rings is 1. The van der Waals surface area contributed by atoms with Crippen molar-refractivity contribution in [3.05, 3.63) is 30.0 Å². The SMILES string of the molecule is Cc1nc(NCCCF)nc(N[C@@H]2C[C@H](CO)[C@@H](O)[C@H]2O)c1-c1nc2ccccc2s1. The summed E-state index contributed by atoms with van der Waals surface area (Å²) < 4.78 is 13.5. The van der Waals surface area contributed by atoms with Crippen molar-refractivity contribution in [3.63, 3.8) is 0 Å². The summed E-state index contributed by atoms with van der Waals surface area (Å²) in [5.74, 6) is 0.415. The van der Waals surface area contributed by atoms with E-state index in [1.54, 1.807) is 0 Å². The Labute approximate surface area is 183 Å². The number of fused-ring (bicyclic) bond motifs is 1. The quantitative estimate of drug-likeness (QED) is 0.334. The Bertz CT molecular complexity index is 1020. The van der Waals surface area contributed by atoms with Crippen LogP contribution >= 0.6 is 11.3 Å². The van der Waals surface area contributed by atoms with Crippen LogP contribution in [0.15, 0.2) is 24.3 Å². The lowest BCUT2D eigenvalue weighted by Gasteiger charge is -2.21. The van der Waals surface area contributed by atoms with E-state index in [4.69, 9.17) is 4.98 Å². The van der Waals surface area contributed by atoms with Gasteiger partial charge in [-0.25, -0.2) is 9.97 Å². The van der Waals surface area contributed by atoms with E-state index in [0.717, 1.165) is 15.2 Å². The molecular formula is C21H26FN5O3S. The Morgan fingerprint density at radius 3 is 2.68 bits per heavy atom. The predicted octanol–water partition coefficient (Wildman–Crippen LogP) is 2.35. The molecule has 0 saturated heterocycles. The molecule has 0 unspecified atom stereocenters. The maximum atomic E-state index is 12.5. The normalized spacial score (nSPS) is 23.4. The molecule has 5 N–H and O–H groups in total. The molecule has 31 heavy (non-hydrogen) atoms. The van der Waals surface area contributed by atoms with Crippen molar-refractivity contribution in [2.24, 2.45) is 5.92 Å². The van der Waals surface area contributed by atoms with Gasteiger partial charge < -0.3 is 26.0 Å². The molecule has 4 atom stereocenters. The number of nitrogens with one attached hydrogen (secondary N) is 2. The molecular weight excluding hydrogens is 421 g/mol. The largest absolute Gasteiger partial charge is 0.396 e. The smallest absolute Gasteiger partial charge is 0.224 e. The van der Waals surface area contributed by atoms with E-state index in [9.17, 15) is 19.7 Å². The number of aliphatic hydroxyl groups excluding tert-OH is 3. The van der Waals surface area contributed by atoms with Crippen LogP contribution in [0.4, 0.5) is 16.2 Å². The number of nitrogens with zero attached hydrogens (tertiary/aromatic N) is 3. The average Bonchev–Trinajstić information content (AvgIpc) is 3.29. The summed E-state index contributed by atoms with van der Waals surface area (Å²) in [6.07, 6.45) is -1.32. The van der Waals surface area contributed by atoms with Crippen LogP contribution < -0.4 is 10.6 Å². The van der Waals surface area contributed by atoms with Crippen molar-refractivity contribution < 1.29 is 19.7 Å². The topological polar surface area (TPSA) is 123 Å². The number of aliphatic hydroxyl groups is 3. The third-order valence-electron chi connectivity index (χ3n) is 5.55. The summed E-state index contributed by atoms with van der Waals surface area (Å²) in [4.78, 5) is 13.8. The Kier molecular flexibility index (Phi) is 6.61. The fraction of sp³-hybridized carbons (Fsp3) is 0.476. The highest BCUT2D eigenvalue weighted by molar-refractivity contribution is 7.21. The van der Waals surface area contributed by atoms with Gasteiger partial charge in [-0.15, -0.1) is 11.3 Å². The predicted molar refractivity (Wildman–Crippen MR) is 119 cm³/mol. The monoisotopic (exact) mass is 447 g/mol. The van der Waals surface area contributed by atoms with E-state index in [2.05, 4.69) is 20.6 Å². The summed E-state index contributed by atoms with van der Waals surface area (Å²) in [5, 5.41) is 37.2. The average molecular weight is 448 g/mol. The third-order valence-corrected chi connectivity index (χ3v) is 6.60. The first kappa shape index (κ1) is 21.8. The van der Waals surface area contributed by atoms with Crippen LogP contribution in [0, 0.1) is 12.8 Å². The minimum atomic E-state index is -1.04. The van der Waals surface area contributed by atoms with E-state index in [-0.39, 0.29) is 6.61 Å². The Morgan fingerprint density at radius 1 is 1.16 bits per heavy atom. The van der Waals surface area contributed by atoms with Gasteiger partial charge in [0.25, 0.3) is 0 Å². The van der Waals surface area contributed by atoms with Crippen LogP contribution in [0.5, 0.6) is 0 Å². The molecule has 3 aromatic rings. The lowest BCUT2D eigenvalue weighted by Crippen LogP contribution is -2.35. The van der Waals surface area contributed by atoms with Gasteiger partial charge in [-0.05, 0) is 31.9 Å². The number of anilines is 2. The molecule has 0 aliphatic heterocycles. The molecule has 1 aromatic carbocycles. The molecule has 1 fully saturated rings. The second-order valence-corrected chi connectivity index (χ2v) is 8.75. The fourth-order valence-corrected chi connectivity index (χ4v) is 4.95. The maximum Gasteiger partial charge on any atom is 0.224 e. The zero-order valence-electron chi connectivity index (χ0n) is 17.1. The number of rotatable bonds is 8. The van der Waals surface area contributed by atoms with E-state index in [1.165, 1.54) is 11.3 Å². The number of alkyl halides is 1. The first-order valence-corrected chi connectivity index (χ1v) is 11.1. The minimum Gasteiger partial charge on any atom is -0.396 e. The fourth-order valence-electron chi connectivity index (χ4n) is 3.88. The molecule has 0 bridgehead atoms.